The second-order valence-corrected chi connectivity index (χ2v) is 2.96. The van der Waals surface area contributed by atoms with E-state index in [0.29, 0.717) is 5.71 Å². The Morgan fingerprint density at radius 2 is 1.89 bits per heavy atom. The van der Waals surface area contributed by atoms with Crippen LogP contribution in [0.4, 0.5) is 0 Å². The summed E-state index contributed by atoms with van der Waals surface area (Å²) in [6, 6.07) is 0. The van der Waals surface area contributed by atoms with E-state index >= 15 is 0 Å². The minimum Gasteiger partial charge on any atom is -0.309 e. The molecular weight excluding hydrogens is 134 g/mol. The molecule has 0 atom stereocenters. The van der Waals surface area contributed by atoms with E-state index in [2.05, 4.69) is 12.6 Å². The minimum atomic E-state index is -0.691. The van der Waals surface area contributed by atoms with Gasteiger partial charge in [0.05, 0.1) is 5.41 Å². The van der Waals surface area contributed by atoms with Crippen LogP contribution in [0.25, 0.3) is 0 Å². The number of nitrogens with one attached hydrogen (secondary N) is 1. The number of carbonyl (C=O) groups is 1. The molecule has 0 aliphatic carbocycles. The van der Waals surface area contributed by atoms with Crippen molar-refractivity contribution in [2.75, 3.05) is 0 Å². The Kier molecular flexibility index (Phi) is 2.43. The maximum atomic E-state index is 10.6. The standard InChI is InChI=1S/C6H11NOS/c1-4(7)6(2,3)5(8)9/h7H,1-3H3,(H,8,9). The molecule has 0 unspecified atom stereocenters. The van der Waals surface area contributed by atoms with Gasteiger partial charge in [-0.2, -0.15) is 0 Å². The van der Waals surface area contributed by atoms with Crippen molar-refractivity contribution < 1.29 is 4.79 Å². The lowest BCUT2D eigenvalue weighted by atomic mass is 9.90. The predicted octanol–water partition coefficient (Wildman–Crippen LogP) is 1.51. The van der Waals surface area contributed by atoms with E-state index < -0.39 is 5.41 Å². The number of carbonyl (C=O) groups excluding carboxylic acids is 1. The third kappa shape index (κ3) is 1.82. The first kappa shape index (κ1) is 8.69. The van der Waals surface area contributed by atoms with Crippen LogP contribution in [0.3, 0.4) is 0 Å². The largest absolute Gasteiger partial charge is 0.309 e. The maximum Gasteiger partial charge on any atom is 0.197 e. The molecule has 0 saturated carbocycles. The zero-order valence-electron chi connectivity index (χ0n) is 5.86. The molecule has 0 fully saturated rings. The summed E-state index contributed by atoms with van der Waals surface area (Å²) in [6.45, 7) is 4.98. The molecule has 0 spiro atoms. The second-order valence-electron chi connectivity index (χ2n) is 2.56. The van der Waals surface area contributed by atoms with Crippen molar-refractivity contribution in [1.82, 2.24) is 0 Å². The summed E-state index contributed by atoms with van der Waals surface area (Å²) in [5.74, 6) is 0. The zero-order chi connectivity index (χ0) is 7.65. The minimum absolute atomic E-state index is 0.255. The van der Waals surface area contributed by atoms with Crippen molar-refractivity contribution in [3.05, 3.63) is 0 Å². The van der Waals surface area contributed by atoms with Gasteiger partial charge in [-0.25, -0.2) is 0 Å². The summed E-state index contributed by atoms with van der Waals surface area (Å²) in [7, 11) is 0. The van der Waals surface area contributed by atoms with Crippen LogP contribution in [-0.2, 0) is 4.79 Å². The fourth-order valence-electron chi connectivity index (χ4n) is 0.160. The van der Waals surface area contributed by atoms with Crippen LogP contribution in [-0.4, -0.2) is 10.8 Å². The number of hydrogen-bond donors (Lipinski definition) is 2. The second kappa shape index (κ2) is 2.52. The van der Waals surface area contributed by atoms with Gasteiger partial charge < -0.3 is 5.41 Å². The van der Waals surface area contributed by atoms with Gasteiger partial charge in [0, 0.05) is 5.71 Å². The van der Waals surface area contributed by atoms with E-state index in [1.807, 2.05) is 0 Å². The van der Waals surface area contributed by atoms with E-state index in [9.17, 15) is 4.79 Å². The Labute approximate surface area is 60.6 Å². The van der Waals surface area contributed by atoms with Gasteiger partial charge in [0.15, 0.2) is 5.12 Å². The molecule has 0 aromatic heterocycles. The smallest absolute Gasteiger partial charge is 0.197 e. The highest BCUT2D eigenvalue weighted by atomic mass is 32.1. The third-order valence-corrected chi connectivity index (χ3v) is 2.03. The molecular formula is C6H11NOS. The lowest BCUT2D eigenvalue weighted by Gasteiger charge is -2.17. The number of rotatable bonds is 2. The first-order valence-corrected chi connectivity index (χ1v) is 3.12. The summed E-state index contributed by atoms with van der Waals surface area (Å²) in [5, 5.41) is 6.90. The van der Waals surface area contributed by atoms with E-state index in [4.69, 9.17) is 5.41 Å². The molecule has 0 aromatic carbocycles. The molecule has 1 N–H and O–H groups in total. The SMILES string of the molecule is CC(=N)C(C)(C)C(=O)S. The highest BCUT2D eigenvalue weighted by molar-refractivity contribution is 7.96. The van der Waals surface area contributed by atoms with Crippen LogP contribution < -0.4 is 0 Å². The van der Waals surface area contributed by atoms with Crippen LogP contribution in [0.5, 0.6) is 0 Å². The van der Waals surface area contributed by atoms with E-state index in [1.54, 1.807) is 20.8 Å². The van der Waals surface area contributed by atoms with Crippen molar-refractivity contribution in [2.24, 2.45) is 5.41 Å². The molecule has 0 aliphatic rings. The predicted molar refractivity (Wildman–Crippen MR) is 41.2 cm³/mol. The van der Waals surface area contributed by atoms with Crippen molar-refractivity contribution >= 4 is 23.5 Å². The number of thiol groups is 1. The third-order valence-electron chi connectivity index (χ3n) is 1.47. The lowest BCUT2D eigenvalue weighted by Crippen LogP contribution is -2.27. The van der Waals surface area contributed by atoms with Crippen LogP contribution >= 0.6 is 12.6 Å². The Balaban J connectivity index is 4.38. The molecule has 0 rings (SSSR count). The highest BCUT2D eigenvalue weighted by Crippen LogP contribution is 2.19. The molecule has 0 radical (unpaired) electrons. The van der Waals surface area contributed by atoms with Crippen molar-refractivity contribution in [3.63, 3.8) is 0 Å². The van der Waals surface area contributed by atoms with Gasteiger partial charge in [-0.1, -0.05) is 0 Å². The molecule has 0 aliphatic heterocycles. The molecule has 0 saturated heterocycles. The van der Waals surface area contributed by atoms with Gasteiger partial charge >= 0.3 is 0 Å². The topological polar surface area (TPSA) is 40.9 Å². The molecule has 0 heterocycles. The van der Waals surface area contributed by atoms with E-state index in [0.717, 1.165) is 0 Å². The highest BCUT2D eigenvalue weighted by Gasteiger charge is 2.26. The van der Waals surface area contributed by atoms with Gasteiger partial charge in [-0.3, -0.25) is 4.79 Å². The Morgan fingerprint density at radius 1 is 1.56 bits per heavy atom. The van der Waals surface area contributed by atoms with E-state index in [1.165, 1.54) is 0 Å². The fraction of sp³-hybridized carbons (Fsp3) is 0.667. The molecule has 52 valence electrons. The van der Waals surface area contributed by atoms with Gasteiger partial charge in [-0.05, 0) is 20.8 Å². The van der Waals surface area contributed by atoms with Crippen LogP contribution in [0.1, 0.15) is 20.8 Å². The van der Waals surface area contributed by atoms with Crippen LogP contribution in [0.15, 0.2) is 0 Å². The molecule has 0 bridgehead atoms. The van der Waals surface area contributed by atoms with Gasteiger partial charge in [-0.15, -0.1) is 12.6 Å². The molecule has 3 heteroatoms. The average Bonchev–Trinajstić information content (AvgIpc) is 1.65. The summed E-state index contributed by atoms with van der Waals surface area (Å²) in [4.78, 5) is 10.6. The first-order chi connectivity index (χ1) is 3.89. The van der Waals surface area contributed by atoms with Gasteiger partial charge in [0.1, 0.15) is 0 Å². The molecule has 9 heavy (non-hydrogen) atoms. The molecule has 2 nitrogen and oxygen atoms in total. The quantitative estimate of drug-likeness (QED) is 0.449. The molecule has 0 aromatic rings. The van der Waals surface area contributed by atoms with Gasteiger partial charge in [0.2, 0.25) is 0 Å². The van der Waals surface area contributed by atoms with Gasteiger partial charge in [0.25, 0.3) is 0 Å². The summed E-state index contributed by atoms with van der Waals surface area (Å²) in [6.07, 6.45) is 0. The van der Waals surface area contributed by atoms with Crippen LogP contribution in [0, 0.1) is 10.8 Å². The number of hydrogen-bond acceptors (Lipinski definition) is 2. The summed E-state index contributed by atoms with van der Waals surface area (Å²) < 4.78 is 0. The molecule has 0 amide bonds. The van der Waals surface area contributed by atoms with Crippen molar-refractivity contribution in [2.45, 2.75) is 20.8 Å². The normalized spacial score (nSPS) is 11.1. The van der Waals surface area contributed by atoms with Crippen molar-refractivity contribution in [3.8, 4) is 0 Å². The zero-order valence-corrected chi connectivity index (χ0v) is 6.75. The summed E-state index contributed by atoms with van der Waals surface area (Å²) in [5.41, 5.74) is -0.342. The average molecular weight is 145 g/mol. The maximum absolute atomic E-state index is 10.6. The fourth-order valence-corrected chi connectivity index (χ4v) is 0.328. The summed E-state index contributed by atoms with van der Waals surface area (Å²) >= 11 is 3.64. The van der Waals surface area contributed by atoms with E-state index in [-0.39, 0.29) is 5.12 Å². The Bertz CT molecular complexity index is 135. The Morgan fingerprint density at radius 3 is 1.89 bits per heavy atom. The van der Waals surface area contributed by atoms with Crippen LogP contribution in [0.2, 0.25) is 0 Å². The first-order valence-electron chi connectivity index (χ1n) is 2.68. The lowest BCUT2D eigenvalue weighted by molar-refractivity contribution is -0.115. The van der Waals surface area contributed by atoms with Crippen molar-refractivity contribution in [1.29, 1.82) is 5.41 Å². The Hall–Kier alpha value is -0.310. The monoisotopic (exact) mass is 145 g/mol.